The highest BCUT2D eigenvalue weighted by molar-refractivity contribution is 5.83. The molecule has 0 spiro atoms. The van der Waals surface area contributed by atoms with Gasteiger partial charge in [-0.1, -0.05) is 18.2 Å². The van der Waals surface area contributed by atoms with E-state index in [1.807, 2.05) is 12.3 Å². The maximum Gasteiger partial charge on any atom is 0.115 e. The first-order valence-electron chi connectivity index (χ1n) is 7.83. The number of aromatic hydroxyl groups is 1. The molecule has 1 atom stereocenters. The van der Waals surface area contributed by atoms with E-state index in [-0.39, 0.29) is 0 Å². The van der Waals surface area contributed by atoms with E-state index in [0.717, 1.165) is 19.5 Å². The molecule has 0 fully saturated rings. The zero-order valence-electron chi connectivity index (χ0n) is 12.7. The molecular weight excluding hydrogens is 272 g/mol. The number of rotatable bonds is 2. The minimum atomic E-state index is 0.373. The van der Waals surface area contributed by atoms with Crippen LogP contribution in [0.25, 0.3) is 10.9 Å². The molecule has 4 rings (SSSR count). The van der Waals surface area contributed by atoms with Crippen molar-refractivity contribution in [2.24, 2.45) is 0 Å². The molecule has 0 saturated heterocycles. The zero-order valence-corrected chi connectivity index (χ0v) is 12.7. The highest BCUT2D eigenvalue weighted by Gasteiger charge is 2.23. The largest absolute Gasteiger partial charge is 0.508 e. The van der Waals surface area contributed by atoms with Gasteiger partial charge in [0.2, 0.25) is 0 Å². The van der Waals surface area contributed by atoms with Crippen LogP contribution in [0.2, 0.25) is 0 Å². The minimum Gasteiger partial charge on any atom is -0.508 e. The number of aromatic amines is 1. The number of fused-ring (bicyclic) bond motifs is 2. The smallest absolute Gasteiger partial charge is 0.115 e. The van der Waals surface area contributed by atoms with Crippen molar-refractivity contribution in [1.82, 2.24) is 9.88 Å². The lowest BCUT2D eigenvalue weighted by Crippen LogP contribution is -2.32. The second-order valence-electron chi connectivity index (χ2n) is 6.14. The van der Waals surface area contributed by atoms with Crippen LogP contribution in [-0.4, -0.2) is 21.5 Å². The third-order valence-electron chi connectivity index (χ3n) is 4.86. The number of aromatic nitrogens is 1. The van der Waals surface area contributed by atoms with Crippen molar-refractivity contribution in [1.29, 1.82) is 0 Å². The van der Waals surface area contributed by atoms with Crippen LogP contribution >= 0.6 is 0 Å². The van der Waals surface area contributed by atoms with E-state index in [1.165, 1.54) is 27.6 Å². The molecule has 1 aliphatic heterocycles. The standard InChI is InChI=1S/C19H20N2O/c1-13(17-3-2-4-19-18(17)7-9-20-19)21-10-8-14-11-16(22)6-5-15(14)12-21/h2-7,9,11,13,20,22H,8,10,12H2,1H3. The molecule has 0 bridgehead atoms. The Kier molecular flexibility index (Phi) is 3.16. The third-order valence-corrected chi connectivity index (χ3v) is 4.86. The predicted molar refractivity (Wildman–Crippen MR) is 88.9 cm³/mol. The lowest BCUT2D eigenvalue weighted by molar-refractivity contribution is 0.193. The van der Waals surface area contributed by atoms with Crippen molar-refractivity contribution in [3.63, 3.8) is 0 Å². The molecule has 0 aliphatic carbocycles. The fraction of sp³-hybridized carbons (Fsp3) is 0.263. The second kappa shape index (κ2) is 5.18. The van der Waals surface area contributed by atoms with Gasteiger partial charge in [-0.3, -0.25) is 4.90 Å². The van der Waals surface area contributed by atoms with Gasteiger partial charge in [0.1, 0.15) is 5.75 Å². The summed E-state index contributed by atoms with van der Waals surface area (Å²) in [7, 11) is 0. The fourth-order valence-corrected chi connectivity index (χ4v) is 3.56. The molecule has 0 amide bonds. The normalized spacial score (nSPS) is 16.6. The van der Waals surface area contributed by atoms with Gasteiger partial charge in [0.25, 0.3) is 0 Å². The highest BCUT2D eigenvalue weighted by atomic mass is 16.3. The van der Waals surface area contributed by atoms with Crippen molar-refractivity contribution >= 4 is 10.9 Å². The maximum absolute atomic E-state index is 9.62. The molecule has 3 aromatic rings. The minimum absolute atomic E-state index is 0.373. The average Bonchev–Trinajstić information content (AvgIpc) is 3.02. The van der Waals surface area contributed by atoms with Crippen molar-refractivity contribution in [3.8, 4) is 5.75 Å². The molecule has 2 aromatic carbocycles. The van der Waals surface area contributed by atoms with Crippen molar-refractivity contribution < 1.29 is 5.11 Å². The Morgan fingerprint density at radius 2 is 2.05 bits per heavy atom. The van der Waals surface area contributed by atoms with E-state index in [9.17, 15) is 5.11 Å². The maximum atomic E-state index is 9.62. The summed E-state index contributed by atoms with van der Waals surface area (Å²) in [6.45, 7) is 4.25. The lowest BCUT2D eigenvalue weighted by Gasteiger charge is -2.34. The number of phenols is 1. The van der Waals surface area contributed by atoms with E-state index in [1.54, 1.807) is 6.07 Å². The van der Waals surface area contributed by atoms with Gasteiger partial charge < -0.3 is 10.1 Å². The van der Waals surface area contributed by atoms with Gasteiger partial charge in [-0.25, -0.2) is 0 Å². The van der Waals surface area contributed by atoms with Crippen molar-refractivity contribution in [3.05, 3.63) is 65.4 Å². The first kappa shape index (κ1) is 13.4. The molecule has 1 aliphatic rings. The molecule has 22 heavy (non-hydrogen) atoms. The van der Waals surface area contributed by atoms with E-state index < -0.39 is 0 Å². The van der Waals surface area contributed by atoms with Gasteiger partial charge in [-0.05, 0) is 54.3 Å². The Balaban J connectivity index is 1.65. The molecule has 112 valence electrons. The zero-order chi connectivity index (χ0) is 15.1. The molecule has 0 radical (unpaired) electrons. The van der Waals surface area contributed by atoms with Crippen LogP contribution in [0.1, 0.15) is 29.7 Å². The van der Waals surface area contributed by atoms with Crippen LogP contribution < -0.4 is 0 Å². The van der Waals surface area contributed by atoms with Crippen LogP contribution in [0.4, 0.5) is 0 Å². The van der Waals surface area contributed by atoms with Gasteiger partial charge in [-0.2, -0.15) is 0 Å². The van der Waals surface area contributed by atoms with Crippen molar-refractivity contribution in [2.45, 2.75) is 25.9 Å². The average molecular weight is 292 g/mol. The topological polar surface area (TPSA) is 39.3 Å². The van der Waals surface area contributed by atoms with Gasteiger partial charge in [0, 0.05) is 36.2 Å². The Bertz CT molecular complexity index is 821. The van der Waals surface area contributed by atoms with Crippen LogP contribution in [0, 0.1) is 0 Å². The molecule has 3 heteroatoms. The molecule has 0 saturated carbocycles. The molecule has 1 unspecified atom stereocenters. The van der Waals surface area contributed by atoms with Crippen molar-refractivity contribution in [2.75, 3.05) is 6.54 Å². The Hall–Kier alpha value is -2.26. The summed E-state index contributed by atoms with van der Waals surface area (Å²) in [6.07, 6.45) is 3.01. The van der Waals surface area contributed by atoms with Crippen LogP contribution in [0.5, 0.6) is 5.75 Å². The quantitative estimate of drug-likeness (QED) is 0.749. The van der Waals surface area contributed by atoms with Crippen LogP contribution in [-0.2, 0) is 13.0 Å². The van der Waals surface area contributed by atoms with E-state index >= 15 is 0 Å². The number of nitrogens with one attached hydrogen (secondary N) is 1. The van der Waals surface area contributed by atoms with Gasteiger partial charge in [0.15, 0.2) is 0 Å². The first-order chi connectivity index (χ1) is 10.7. The summed E-state index contributed by atoms with van der Waals surface area (Å²) < 4.78 is 0. The summed E-state index contributed by atoms with van der Waals surface area (Å²) in [5.41, 5.74) is 5.19. The summed E-state index contributed by atoms with van der Waals surface area (Å²) in [5, 5.41) is 10.9. The number of nitrogens with zero attached hydrogens (tertiary/aromatic N) is 1. The van der Waals surface area contributed by atoms with E-state index in [0.29, 0.717) is 11.8 Å². The summed E-state index contributed by atoms with van der Waals surface area (Å²) in [6, 6.07) is 14.8. The van der Waals surface area contributed by atoms with Gasteiger partial charge in [0.05, 0.1) is 0 Å². The Morgan fingerprint density at radius 3 is 2.95 bits per heavy atom. The first-order valence-corrected chi connectivity index (χ1v) is 7.83. The third kappa shape index (κ3) is 2.18. The number of phenolic OH excluding ortho intramolecular Hbond substituents is 1. The van der Waals surface area contributed by atoms with Gasteiger partial charge >= 0.3 is 0 Å². The number of hydrogen-bond acceptors (Lipinski definition) is 2. The highest BCUT2D eigenvalue weighted by Crippen LogP contribution is 2.32. The summed E-state index contributed by atoms with van der Waals surface area (Å²) >= 11 is 0. The molecule has 2 heterocycles. The number of H-pyrrole nitrogens is 1. The Labute approximate surface area is 130 Å². The monoisotopic (exact) mass is 292 g/mol. The fourth-order valence-electron chi connectivity index (χ4n) is 3.56. The molecular formula is C19H20N2O. The van der Waals surface area contributed by atoms with Crippen LogP contribution in [0.3, 0.4) is 0 Å². The second-order valence-corrected chi connectivity index (χ2v) is 6.14. The molecule has 2 N–H and O–H groups in total. The predicted octanol–water partition coefficient (Wildman–Crippen LogP) is 3.99. The van der Waals surface area contributed by atoms with Gasteiger partial charge in [-0.15, -0.1) is 0 Å². The summed E-state index contributed by atoms with van der Waals surface area (Å²) in [4.78, 5) is 5.81. The van der Waals surface area contributed by atoms with E-state index in [2.05, 4.69) is 47.1 Å². The molecule has 3 nitrogen and oxygen atoms in total. The van der Waals surface area contributed by atoms with E-state index in [4.69, 9.17) is 0 Å². The number of benzene rings is 2. The number of hydrogen-bond donors (Lipinski definition) is 2. The lowest BCUT2D eigenvalue weighted by atomic mass is 9.95. The Morgan fingerprint density at radius 1 is 1.14 bits per heavy atom. The SMILES string of the molecule is CC(c1cccc2[nH]ccc12)N1CCc2cc(O)ccc2C1. The molecule has 1 aromatic heterocycles. The summed E-state index contributed by atoms with van der Waals surface area (Å²) in [5.74, 6) is 0.373. The van der Waals surface area contributed by atoms with Crippen LogP contribution in [0.15, 0.2) is 48.7 Å².